The van der Waals surface area contributed by atoms with Crippen LogP contribution in [0.5, 0.6) is 0 Å². The molecule has 1 aliphatic rings. The zero-order valence-electron chi connectivity index (χ0n) is 17.8. The van der Waals surface area contributed by atoms with Crippen molar-refractivity contribution in [1.29, 1.82) is 0 Å². The van der Waals surface area contributed by atoms with Crippen LogP contribution in [0, 0.1) is 5.82 Å². The molecule has 0 fully saturated rings. The Hall–Kier alpha value is -3.86. The Morgan fingerprint density at radius 1 is 0.943 bits per heavy atom. The number of amides is 1. The maximum absolute atomic E-state index is 13.6. The summed E-state index contributed by atoms with van der Waals surface area (Å²) in [7, 11) is 0. The molecule has 0 bridgehead atoms. The molecule has 4 aromatic rings. The zero-order chi connectivity index (χ0) is 24.6. The van der Waals surface area contributed by atoms with Crippen molar-refractivity contribution in [1.82, 2.24) is 14.9 Å². The number of hydrogen-bond acceptors (Lipinski definition) is 5. The molecule has 2 N–H and O–H groups in total. The van der Waals surface area contributed by atoms with Gasteiger partial charge in [0.15, 0.2) is 5.82 Å². The van der Waals surface area contributed by atoms with E-state index < -0.39 is 34.8 Å². The van der Waals surface area contributed by atoms with E-state index in [0.29, 0.717) is 16.5 Å². The molecule has 5 rings (SSSR count). The highest BCUT2D eigenvalue weighted by molar-refractivity contribution is 8.00. The number of nitrogens with zero attached hydrogens (tertiary/aromatic N) is 3. The van der Waals surface area contributed by atoms with Gasteiger partial charge in [-0.2, -0.15) is 13.2 Å². The van der Waals surface area contributed by atoms with Crippen molar-refractivity contribution in [2.45, 2.75) is 22.6 Å². The number of halogens is 4. The second-order valence-corrected chi connectivity index (χ2v) is 8.85. The van der Waals surface area contributed by atoms with Crippen LogP contribution in [0.15, 0.2) is 84.0 Å². The van der Waals surface area contributed by atoms with Gasteiger partial charge in [-0.25, -0.2) is 9.07 Å². The Morgan fingerprint density at radius 2 is 1.63 bits per heavy atom. The van der Waals surface area contributed by atoms with Crippen LogP contribution in [0.2, 0.25) is 0 Å². The largest absolute Gasteiger partial charge is 0.418 e. The SMILES string of the molecule is O=C(Nc1ccccc1C(F)(F)F)[C@H]1Sc2nnc(-c3ccccc3)n2N[C@H]1c1ccc(F)cc1. The van der Waals surface area contributed by atoms with Crippen molar-refractivity contribution in [3.8, 4) is 11.4 Å². The van der Waals surface area contributed by atoms with Crippen LogP contribution in [-0.2, 0) is 11.0 Å². The van der Waals surface area contributed by atoms with Crippen molar-refractivity contribution in [3.63, 3.8) is 0 Å². The van der Waals surface area contributed by atoms with Crippen LogP contribution in [0.4, 0.5) is 23.2 Å². The molecule has 1 aliphatic heterocycles. The molecule has 11 heteroatoms. The molecule has 1 aromatic heterocycles. The van der Waals surface area contributed by atoms with Gasteiger partial charge in [0, 0.05) is 5.56 Å². The van der Waals surface area contributed by atoms with Gasteiger partial charge in [0.05, 0.1) is 17.3 Å². The summed E-state index contributed by atoms with van der Waals surface area (Å²) in [6, 6.07) is 18.9. The van der Waals surface area contributed by atoms with E-state index in [4.69, 9.17) is 0 Å². The van der Waals surface area contributed by atoms with Crippen LogP contribution in [0.3, 0.4) is 0 Å². The van der Waals surface area contributed by atoms with Crippen molar-refractivity contribution in [2.75, 3.05) is 10.7 Å². The fraction of sp³-hybridized carbons (Fsp3) is 0.125. The van der Waals surface area contributed by atoms with E-state index in [0.717, 1.165) is 23.4 Å². The van der Waals surface area contributed by atoms with Crippen LogP contribution in [0.25, 0.3) is 11.4 Å². The van der Waals surface area contributed by atoms with Crippen molar-refractivity contribution < 1.29 is 22.4 Å². The Balaban J connectivity index is 1.52. The van der Waals surface area contributed by atoms with E-state index in [9.17, 15) is 22.4 Å². The topological polar surface area (TPSA) is 71.8 Å². The Bertz CT molecular complexity index is 1360. The standard InChI is InChI=1S/C24H17F4N5OS/c25-16-12-10-14(11-13-16)19-20(22(34)29-18-9-5-4-8-17(18)24(26,27)28)35-23-31-30-21(33(23)32-19)15-6-2-1-3-7-15/h1-13,19-20,32H,(H,29,34)/t19-,20-/m0/s1. The molecule has 35 heavy (non-hydrogen) atoms. The first kappa shape index (κ1) is 22.9. The van der Waals surface area contributed by atoms with E-state index in [1.807, 2.05) is 30.3 Å². The summed E-state index contributed by atoms with van der Waals surface area (Å²) < 4.78 is 55.6. The average Bonchev–Trinajstić information content (AvgIpc) is 3.27. The van der Waals surface area contributed by atoms with Gasteiger partial charge >= 0.3 is 6.18 Å². The van der Waals surface area contributed by atoms with Gasteiger partial charge in [0.25, 0.3) is 0 Å². The number of alkyl halides is 3. The monoisotopic (exact) mass is 499 g/mol. The van der Waals surface area contributed by atoms with Crippen LogP contribution >= 0.6 is 11.8 Å². The number of hydrogen-bond donors (Lipinski definition) is 2. The number of anilines is 1. The number of nitrogens with one attached hydrogen (secondary N) is 2. The molecule has 0 spiro atoms. The average molecular weight is 499 g/mol. The molecule has 1 amide bonds. The fourth-order valence-electron chi connectivity index (χ4n) is 3.79. The predicted octanol–water partition coefficient (Wildman–Crippen LogP) is 5.50. The second kappa shape index (κ2) is 9.06. The Kier molecular flexibility index (Phi) is 5.93. The van der Waals surface area contributed by atoms with Crippen LogP contribution < -0.4 is 10.7 Å². The molecule has 6 nitrogen and oxygen atoms in total. The molecule has 0 aliphatic carbocycles. The number of thioether (sulfide) groups is 1. The molecule has 3 aromatic carbocycles. The number of carbonyl (C=O) groups is 1. The van der Waals surface area contributed by atoms with E-state index in [1.165, 1.54) is 42.5 Å². The maximum atomic E-state index is 13.6. The Morgan fingerprint density at radius 3 is 2.34 bits per heavy atom. The lowest BCUT2D eigenvalue weighted by Gasteiger charge is -2.33. The van der Waals surface area contributed by atoms with E-state index >= 15 is 0 Å². The summed E-state index contributed by atoms with van der Waals surface area (Å²) >= 11 is 1.06. The van der Waals surface area contributed by atoms with Crippen molar-refractivity contribution >= 4 is 23.4 Å². The summed E-state index contributed by atoms with van der Waals surface area (Å²) in [6.07, 6.45) is -4.64. The fourth-order valence-corrected chi connectivity index (χ4v) is 4.87. The highest BCUT2D eigenvalue weighted by atomic mass is 32.2. The van der Waals surface area contributed by atoms with Gasteiger partial charge in [0.2, 0.25) is 11.1 Å². The van der Waals surface area contributed by atoms with Crippen LogP contribution in [0.1, 0.15) is 17.2 Å². The molecule has 2 atom stereocenters. The maximum Gasteiger partial charge on any atom is 0.418 e. The summed E-state index contributed by atoms with van der Waals surface area (Å²) in [5.74, 6) is -0.613. The third kappa shape index (κ3) is 4.59. The number of rotatable bonds is 4. The minimum atomic E-state index is -4.64. The molecule has 0 radical (unpaired) electrons. The summed E-state index contributed by atoms with van der Waals surface area (Å²) in [5.41, 5.74) is 3.26. The minimum absolute atomic E-state index is 0.347. The van der Waals surface area contributed by atoms with E-state index in [-0.39, 0.29) is 5.69 Å². The van der Waals surface area contributed by atoms with Gasteiger partial charge in [-0.05, 0) is 29.8 Å². The van der Waals surface area contributed by atoms with Gasteiger partial charge in [-0.15, -0.1) is 10.2 Å². The highest BCUT2D eigenvalue weighted by Gasteiger charge is 2.39. The lowest BCUT2D eigenvalue weighted by molar-refractivity contribution is -0.137. The molecule has 178 valence electrons. The predicted molar refractivity (Wildman–Crippen MR) is 124 cm³/mol. The zero-order valence-corrected chi connectivity index (χ0v) is 18.6. The van der Waals surface area contributed by atoms with Gasteiger partial charge in [-0.1, -0.05) is 66.4 Å². The smallest absolute Gasteiger partial charge is 0.324 e. The lowest BCUT2D eigenvalue weighted by Crippen LogP contribution is -2.41. The first-order valence-corrected chi connectivity index (χ1v) is 11.4. The third-order valence-electron chi connectivity index (χ3n) is 5.45. The van der Waals surface area contributed by atoms with Gasteiger partial charge in [0.1, 0.15) is 11.1 Å². The number of aromatic nitrogens is 3. The summed E-state index contributed by atoms with van der Waals surface area (Å²) in [4.78, 5) is 13.3. The molecule has 2 heterocycles. The van der Waals surface area contributed by atoms with E-state index in [2.05, 4.69) is 20.9 Å². The van der Waals surface area contributed by atoms with Crippen molar-refractivity contribution in [2.24, 2.45) is 0 Å². The number of fused-ring (bicyclic) bond motifs is 1. The Labute approximate surface area is 201 Å². The second-order valence-electron chi connectivity index (χ2n) is 7.74. The summed E-state index contributed by atoms with van der Waals surface area (Å²) in [5, 5.41) is 10.2. The molecular formula is C24H17F4N5OS. The van der Waals surface area contributed by atoms with E-state index in [1.54, 1.807) is 4.68 Å². The first-order chi connectivity index (χ1) is 16.8. The number of carbonyl (C=O) groups excluding carboxylic acids is 1. The highest BCUT2D eigenvalue weighted by Crippen LogP contribution is 2.40. The van der Waals surface area contributed by atoms with Gasteiger partial charge < -0.3 is 10.7 Å². The molecule has 0 saturated carbocycles. The normalized spacial score (nSPS) is 17.4. The molecule has 0 saturated heterocycles. The third-order valence-corrected chi connectivity index (χ3v) is 6.66. The molecule has 0 unspecified atom stereocenters. The number of para-hydroxylation sites is 1. The summed E-state index contributed by atoms with van der Waals surface area (Å²) in [6.45, 7) is 0. The van der Waals surface area contributed by atoms with Gasteiger partial charge in [-0.3, -0.25) is 4.79 Å². The first-order valence-electron chi connectivity index (χ1n) is 10.5. The molecular weight excluding hydrogens is 482 g/mol. The quantitative estimate of drug-likeness (QED) is 0.363. The van der Waals surface area contributed by atoms with Crippen LogP contribution in [-0.4, -0.2) is 26.0 Å². The van der Waals surface area contributed by atoms with Crippen molar-refractivity contribution in [3.05, 3.63) is 95.8 Å². The lowest BCUT2D eigenvalue weighted by atomic mass is 10.0. The number of benzene rings is 3. The minimum Gasteiger partial charge on any atom is -0.324 e.